The third-order valence-electron chi connectivity index (χ3n) is 4.81. The summed E-state index contributed by atoms with van der Waals surface area (Å²) in [5.41, 5.74) is -0.577. The molecular weight excluding hydrogens is 305 g/mol. The van der Waals surface area contributed by atoms with Crippen LogP contribution in [0.1, 0.15) is 42.9 Å². The van der Waals surface area contributed by atoms with E-state index in [9.17, 15) is 18.0 Å². The SMILES string of the molecule is O=c1cc(C(C2CC2)C2CC2)[nH]n1-c1ccccc1C(F)(F)F. The molecule has 23 heavy (non-hydrogen) atoms. The second-order valence-corrected chi connectivity index (χ2v) is 6.60. The molecule has 4 rings (SSSR count). The van der Waals surface area contributed by atoms with Crippen molar-refractivity contribution in [2.75, 3.05) is 0 Å². The van der Waals surface area contributed by atoms with Crippen molar-refractivity contribution in [2.24, 2.45) is 11.8 Å². The van der Waals surface area contributed by atoms with Crippen LogP contribution in [0.4, 0.5) is 13.2 Å². The molecule has 0 saturated heterocycles. The number of nitrogens with zero attached hydrogens (tertiary/aromatic N) is 1. The van der Waals surface area contributed by atoms with Crippen LogP contribution < -0.4 is 5.56 Å². The van der Waals surface area contributed by atoms with Crippen molar-refractivity contribution in [3.8, 4) is 5.69 Å². The molecule has 6 heteroatoms. The number of nitrogens with one attached hydrogen (secondary N) is 1. The quantitative estimate of drug-likeness (QED) is 0.904. The molecule has 2 fully saturated rings. The Morgan fingerprint density at radius 3 is 2.26 bits per heavy atom. The van der Waals surface area contributed by atoms with E-state index in [1.54, 1.807) is 0 Å². The van der Waals surface area contributed by atoms with Gasteiger partial charge in [-0.15, -0.1) is 0 Å². The van der Waals surface area contributed by atoms with Gasteiger partial charge in [0.05, 0.1) is 11.3 Å². The van der Waals surface area contributed by atoms with Crippen molar-refractivity contribution in [1.29, 1.82) is 0 Å². The molecule has 0 spiro atoms. The molecule has 3 nitrogen and oxygen atoms in total. The molecule has 0 bridgehead atoms. The highest BCUT2D eigenvalue weighted by atomic mass is 19.4. The molecule has 0 radical (unpaired) electrons. The van der Waals surface area contributed by atoms with Crippen molar-refractivity contribution in [2.45, 2.75) is 37.8 Å². The van der Waals surface area contributed by atoms with E-state index in [0.29, 0.717) is 17.8 Å². The Morgan fingerprint density at radius 2 is 1.70 bits per heavy atom. The summed E-state index contributed by atoms with van der Waals surface area (Å²) in [5, 5.41) is 2.96. The molecular formula is C17H17F3N2O. The van der Waals surface area contributed by atoms with Gasteiger partial charge in [0.25, 0.3) is 5.56 Å². The molecule has 0 unspecified atom stereocenters. The summed E-state index contributed by atoms with van der Waals surface area (Å²) >= 11 is 0. The highest BCUT2D eigenvalue weighted by molar-refractivity contribution is 5.42. The first kappa shape index (κ1) is 14.6. The number of aromatic nitrogens is 2. The van der Waals surface area contributed by atoms with Gasteiger partial charge in [-0.25, -0.2) is 4.68 Å². The molecule has 1 aromatic carbocycles. The van der Waals surface area contributed by atoms with Crippen LogP contribution in [0, 0.1) is 11.8 Å². The van der Waals surface area contributed by atoms with Crippen molar-refractivity contribution in [3.05, 3.63) is 51.9 Å². The topological polar surface area (TPSA) is 37.8 Å². The molecule has 2 aromatic rings. The van der Waals surface area contributed by atoms with E-state index >= 15 is 0 Å². The number of benzene rings is 1. The van der Waals surface area contributed by atoms with Crippen molar-refractivity contribution in [3.63, 3.8) is 0 Å². The lowest BCUT2D eigenvalue weighted by atomic mass is 9.94. The fourth-order valence-corrected chi connectivity index (χ4v) is 3.48. The lowest BCUT2D eigenvalue weighted by Crippen LogP contribution is -2.19. The van der Waals surface area contributed by atoms with Gasteiger partial charge in [-0.2, -0.15) is 13.2 Å². The highest BCUT2D eigenvalue weighted by Gasteiger charge is 2.43. The Bertz CT molecular complexity index is 770. The maximum Gasteiger partial charge on any atom is 0.418 e. The molecule has 0 atom stereocenters. The molecule has 1 N–H and O–H groups in total. The van der Waals surface area contributed by atoms with Gasteiger partial charge in [-0.3, -0.25) is 9.89 Å². The standard InChI is InChI=1S/C17H17F3N2O/c18-17(19,20)12-3-1-2-4-14(12)22-15(23)9-13(21-22)16(10-5-6-10)11-7-8-11/h1-4,9-11,16,21H,5-8H2. The lowest BCUT2D eigenvalue weighted by Gasteiger charge is -2.15. The molecule has 0 aliphatic heterocycles. The van der Waals surface area contributed by atoms with Crippen molar-refractivity contribution in [1.82, 2.24) is 9.78 Å². The van der Waals surface area contributed by atoms with Gasteiger partial charge in [0.15, 0.2) is 0 Å². The van der Waals surface area contributed by atoms with E-state index in [-0.39, 0.29) is 5.69 Å². The lowest BCUT2D eigenvalue weighted by molar-refractivity contribution is -0.137. The second-order valence-electron chi connectivity index (χ2n) is 6.60. The maximum absolute atomic E-state index is 13.2. The van der Waals surface area contributed by atoms with Crippen LogP contribution in [-0.2, 0) is 6.18 Å². The van der Waals surface area contributed by atoms with E-state index in [0.717, 1.165) is 42.1 Å². The predicted octanol–water partition coefficient (Wildman–Crippen LogP) is 4.09. The van der Waals surface area contributed by atoms with Gasteiger partial charge >= 0.3 is 6.18 Å². The zero-order chi connectivity index (χ0) is 16.2. The summed E-state index contributed by atoms with van der Waals surface area (Å²) in [5.74, 6) is 1.45. The first-order valence-electron chi connectivity index (χ1n) is 7.93. The fraction of sp³-hybridized carbons (Fsp3) is 0.471. The van der Waals surface area contributed by atoms with Crippen LogP contribution in [-0.4, -0.2) is 9.78 Å². The number of H-pyrrole nitrogens is 1. The molecule has 122 valence electrons. The normalized spacial score (nSPS) is 18.6. The molecule has 2 aliphatic rings. The third kappa shape index (κ3) is 2.71. The summed E-state index contributed by atoms with van der Waals surface area (Å²) in [6.45, 7) is 0. The van der Waals surface area contributed by atoms with Gasteiger partial charge in [-0.05, 0) is 49.7 Å². The van der Waals surface area contributed by atoms with Gasteiger partial charge in [0.1, 0.15) is 0 Å². The monoisotopic (exact) mass is 322 g/mol. The minimum atomic E-state index is -4.49. The summed E-state index contributed by atoms with van der Waals surface area (Å²) in [6, 6.07) is 6.65. The Hall–Kier alpha value is -1.98. The molecule has 0 amide bonds. The predicted molar refractivity (Wildman–Crippen MR) is 79.6 cm³/mol. The molecule has 1 aromatic heterocycles. The van der Waals surface area contributed by atoms with Crippen LogP contribution in [0.25, 0.3) is 5.69 Å². The van der Waals surface area contributed by atoms with Crippen LogP contribution in [0.2, 0.25) is 0 Å². The zero-order valence-corrected chi connectivity index (χ0v) is 12.4. The fourth-order valence-electron chi connectivity index (χ4n) is 3.48. The second kappa shape index (κ2) is 5.01. The third-order valence-corrected chi connectivity index (χ3v) is 4.81. The minimum absolute atomic E-state index is 0.137. The largest absolute Gasteiger partial charge is 0.418 e. The van der Waals surface area contributed by atoms with Crippen LogP contribution in [0.3, 0.4) is 0 Å². The van der Waals surface area contributed by atoms with E-state index in [1.807, 2.05) is 0 Å². The van der Waals surface area contributed by atoms with Crippen molar-refractivity contribution >= 4 is 0 Å². The highest BCUT2D eigenvalue weighted by Crippen LogP contribution is 2.53. The van der Waals surface area contributed by atoms with E-state index < -0.39 is 17.3 Å². The first-order valence-corrected chi connectivity index (χ1v) is 7.93. The minimum Gasteiger partial charge on any atom is -0.295 e. The molecule has 1 heterocycles. The smallest absolute Gasteiger partial charge is 0.295 e. The number of alkyl halides is 3. The Balaban J connectivity index is 1.78. The van der Waals surface area contributed by atoms with E-state index in [2.05, 4.69) is 5.10 Å². The Kier molecular flexibility index (Phi) is 3.18. The molecule has 2 aliphatic carbocycles. The summed E-state index contributed by atoms with van der Waals surface area (Å²) < 4.78 is 40.6. The average molecular weight is 322 g/mol. The van der Waals surface area contributed by atoms with Gasteiger partial charge in [0, 0.05) is 17.7 Å². The van der Waals surface area contributed by atoms with Crippen LogP contribution in [0.15, 0.2) is 35.1 Å². The number of halogens is 3. The summed E-state index contributed by atoms with van der Waals surface area (Å²) in [6.07, 6.45) is 0.0930. The Labute approximate surface area is 131 Å². The van der Waals surface area contributed by atoms with Crippen LogP contribution in [0.5, 0.6) is 0 Å². The maximum atomic E-state index is 13.2. The summed E-state index contributed by atoms with van der Waals surface area (Å²) in [7, 11) is 0. The number of hydrogen-bond donors (Lipinski definition) is 1. The molecule has 2 saturated carbocycles. The van der Waals surface area contributed by atoms with Gasteiger partial charge in [0.2, 0.25) is 0 Å². The van der Waals surface area contributed by atoms with Gasteiger partial charge < -0.3 is 0 Å². The number of hydrogen-bond acceptors (Lipinski definition) is 1. The number of aromatic amines is 1. The summed E-state index contributed by atoms with van der Waals surface area (Å²) in [4.78, 5) is 12.3. The number of para-hydroxylation sites is 1. The Morgan fingerprint density at radius 1 is 1.09 bits per heavy atom. The van der Waals surface area contributed by atoms with E-state index in [1.165, 1.54) is 24.3 Å². The van der Waals surface area contributed by atoms with Crippen LogP contribution >= 0.6 is 0 Å². The zero-order valence-electron chi connectivity index (χ0n) is 12.4. The number of rotatable bonds is 4. The van der Waals surface area contributed by atoms with Crippen molar-refractivity contribution < 1.29 is 13.2 Å². The average Bonchev–Trinajstić information content (AvgIpc) is 3.39. The van der Waals surface area contributed by atoms with Gasteiger partial charge in [-0.1, -0.05) is 12.1 Å². The first-order chi connectivity index (χ1) is 10.9. The van der Waals surface area contributed by atoms with E-state index in [4.69, 9.17) is 0 Å².